The number of aryl methyl sites for hydroxylation is 1. The summed E-state index contributed by atoms with van der Waals surface area (Å²) in [4.78, 5) is 12.0. The molecule has 0 bridgehead atoms. The van der Waals surface area contributed by atoms with Crippen LogP contribution in [0.15, 0.2) is 60.3 Å². The van der Waals surface area contributed by atoms with Gasteiger partial charge in [0.05, 0.1) is 0 Å². The molecule has 0 saturated heterocycles. The summed E-state index contributed by atoms with van der Waals surface area (Å²) >= 11 is 0. The molecule has 0 aromatic heterocycles. The van der Waals surface area contributed by atoms with Gasteiger partial charge in [-0.25, -0.2) is 0 Å². The van der Waals surface area contributed by atoms with Crippen LogP contribution in [-0.2, 0) is 0 Å². The second kappa shape index (κ2) is 6.60. The highest BCUT2D eigenvalue weighted by molar-refractivity contribution is 5.95. The van der Waals surface area contributed by atoms with Crippen LogP contribution in [0.5, 0.6) is 0 Å². The normalized spacial score (nSPS) is 11.6. The van der Waals surface area contributed by atoms with Crippen molar-refractivity contribution in [2.24, 2.45) is 0 Å². The van der Waals surface area contributed by atoms with Gasteiger partial charge >= 0.3 is 0 Å². The molecule has 0 unspecified atom stereocenters. The van der Waals surface area contributed by atoms with E-state index in [1.807, 2.05) is 63.3 Å². The monoisotopic (exact) mass is 241 g/mol. The van der Waals surface area contributed by atoms with Crippen molar-refractivity contribution in [3.05, 3.63) is 71.5 Å². The van der Waals surface area contributed by atoms with Crippen molar-refractivity contribution in [2.45, 2.75) is 20.8 Å². The fraction of sp³-hybridized carbons (Fsp3) is 0.188. The Hall–Kier alpha value is -2.09. The van der Waals surface area contributed by atoms with E-state index in [2.05, 4.69) is 11.9 Å². The van der Waals surface area contributed by atoms with E-state index >= 15 is 0 Å². The summed E-state index contributed by atoms with van der Waals surface area (Å²) in [7, 11) is 0. The highest BCUT2D eigenvalue weighted by atomic mass is 16.1. The first kappa shape index (κ1) is 14.0. The van der Waals surface area contributed by atoms with Gasteiger partial charge in [0.1, 0.15) is 0 Å². The quantitative estimate of drug-likeness (QED) is 0.799. The van der Waals surface area contributed by atoms with E-state index in [0.717, 1.165) is 16.8 Å². The van der Waals surface area contributed by atoms with Crippen LogP contribution in [0.3, 0.4) is 0 Å². The lowest BCUT2D eigenvalue weighted by Gasteiger charge is -2.06. The summed E-state index contributed by atoms with van der Waals surface area (Å²) in [6.45, 7) is 9.57. The Bertz CT molecular complexity index is 492. The molecule has 18 heavy (non-hydrogen) atoms. The van der Waals surface area contributed by atoms with Crippen molar-refractivity contribution >= 4 is 5.91 Å². The van der Waals surface area contributed by atoms with Gasteiger partial charge in [-0.15, -0.1) is 0 Å². The SMILES string of the molecule is C=C(C)/C=C\C(=C\C)NC(=O)c1ccc(C)cc1. The molecule has 0 heterocycles. The Labute approximate surface area is 109 Å². The third-order valence-corrected chi connectivity index (χ3v) is 2.43. The smallest absolute Gasteiger partial charge is 0.255 e. The number of benzene rings is 1. The topological polar surface area (TPSA) is 29.1 Å². The highest BCUT2D eigenvalue weighted by Crippen LogP contribution is 2.05. The number of rotatable bonds is 4. The second-order valence-electron chi connectivity index (χ2n) is 4.24. The van der Waals surface area contributed by atoms with Crippen molar-refractivity contribution in [3.63, 3.8) is 0 Å². The predicted molar refractivity (Wildman–Crippen MR) is 76.4 cm³/mol. The van der Waals surface area contributed by atoms with Crippen LogP contribution in [0, 0.1) is 6.92 Å². The fourth-order valence-electron chi connectivity index (χ4n) is 1.35. The largest absolute Gasteiger partial charge is 0.322 e. The molecule has 2 nitrogen and oxygen atoms in total. The number of hydrogen-bond acceptors (Lipinski definition) is 1. The van der Waals surface area contributed by atoms with Crippen molar-refractivity contribution in [2.75, 3.05) is 0 Å². The van der Waals surface area contributed by atoms with Crippen LogP contribution in [-0.4, -0.2) is 5.91 Å². The van der Waals surface area contributed by atoms with E-state index in [1.54, 1.807) is 0 Å². The average molecular weight is 241 g/mol. The Balaban J connectivity index is 2.74. The lowest BCUT2D eigenvalue weighted by molar-refractivity contribution is 0.0967. The molecule has 0 aliphatic carbocycles. The molecule has 1 N–H and O–H groups in total. The number of allylic oxidation sites excluding steroid dienone is 4. The molecule has 0 atom stereocenters. The van der Waals surface area contributed by atoms with Crippen molar-refractivity contribution in [3.8, 4) is 0 Å². The number of carbonyl (C=O) groups excluding carboxylic acids is 1. The van der Waals surface area contributed by atoms with Gasteiger partial charge in [-0.2, -0.15) is 0 Å². The highest BCUT2D eigenvalue weighted by Gasteiger charge is 2.05. The number of carbonyl (C=O) groups is 1. The van der Waals surface area contributed by atoms with E-state index in [1.165, 1.54) is 0 Å². The zero-order chi connectivity index (χ0) is 13.5. The first-order chi connectivity index (χ1) is 8.52. The first-order valence-corrected chi connectivity index (χ1v) is 5.91. The van der Waals surface area contributed by atoms with Gasteiger partial charge in [0.2, 0.25) is 0 Å². The van der Waals surface area contributed by atoms with E-state index in [4.69, 9.17) is 0 Å². The van der Waals surface area contributed by atoms with Crippen LogP contribution in [0.1, 0.15) is 29.8 Å². The molecule has 0 radical (unpaired) electrons. The van der Waals surface area contributed by atoms with Crippen LogP contribution in [0.4, 0.5) is 0 Å². The molecular weight excluding hydrogens is 222 g/mol. The lowest BCUT2D eigenvalue weighted by Crippen LogP contribution is -2.21. The molecule has 1 rings (SSSR count). The molecule has 0 spiro atoms. The summed E-state index contributed by atoms with van der Waals surface area (Å²) < 4.78 is 0. The minimum Gasteiger partial charge on any atom is -0.322 e. The van der Waals surface area contributed by atoms with E-state index in [9.17, 15) is 4.79 Å². The molecule has 1 aromatic rings. The predicted octanol–water partition coefficient (Wildman–Crippen LogP) is 3.76. The Morgan fingerprint density at radius 1 is 1.22 bits per heavy atom. The third-order valence-electron chi connectivity index (χ3n) is 2.43. The standard InChI is InChI=1S/C16H19NO/c1-5-15(11-6-12(2)3)17-16(18)14-9-7-13(4)8-10-14/h5-11H,2H2,1,3-4H3,(H,17,18)/b11-6-,15-5-. The molecular formula is C16H19NO. The van der Waals surface area contributed by atoms with Crippen molar-refractivity contribution < 1.29 is 4.79 Å². The van der Waals surface area contributed by atoms with Crippen LogP contribution in [0.2, 0.25) is 0 Å². The lowest BCUT2D eigenvalue weighted by atomic mass is 10.1. The van der Waals surface area contributed by atoms with E-state index in [-0.39, 0.29) is 5.91 Å². The Kier molecular flexibility index (Phi) is 5.12. The maximum Gasteiger partial charge on any atom is 0.255 e. The molecule has 2 heteroatoms. The Morgan fingerprint density at radius 3 is 2.33 bits per heavy atom. The van der Waals surface area contributed by atoms with E-state index < -0.39 is 0 Å². The van der Waals surface area contributed by atoms with Crippen LogP contribution in [0.25, 0.3) is 0 Å². The van der Waals surface area contributed by atoms with Crippen LogP contribution < -0.4 is 5.32 Å². The van der Waals surface area contributed by atoms with Gasteiger partial charge in [-0.1, -0.05) is 42.0 Å². The summed E-state index contributed by atoms with van der Waals surface area (Å²) in [5.74, 6) is -0.102. The summed E-state index contributed by atoms with van der Waals surface area (Å²) in [6, 6.07) is 7.49. The number of hydrogen-bond donors (Lipinski definition) is 1. The summed E-state index contributed by atoms with van der Waals surface area (Å²) in [6.07, 6.45) is 5.56. The zero-order valence-electron chi connectivity index (χ0n) is 11.2. The van der Waals surface area contributed by atoms with Gasteiger partial charge in [0.25, 0.3) is 5.91 Å². The molecule has 0 aliphatic rings. The van der Waals surface area contributed by atoms with Gasteiger partial charge in [-0.05, 0) is 39.0 Å². The minimum atomic E-state index is -0.102. The average Bonchev–Trinajstić information content (AvgIpc) is 2.34. The molecule has 94 valence electrons. The molecule has 0 fully saturated rings. The van der Waals surface area contributed by atoms with Gasteiger partial charge in [0.15, 0.2) is 0 Å². The maximum absolute atomic E-state index is 12.0. The summed E-state index contributed by atoms with van der Waals surface area (Å²) in [5.41, 5.74) is 3.51. The van der Waals surface area contributed by atoms with Crippen LogP contribution >= 0.6 is 0 Å². The second-order valence-corrected chi connectivity index (χ2v) is 4.24. The van der Waals surface area contributed by atoms with Crippen molar-refractivity contribution in [1.29, 1.82) is 0 Å². The molecule has 1 amide bonds. The molecule has 1 aromatic carbocycles. The fourth-order valence-corrected chi connectivity index (χ4v) is 1.35. The van der Waals surface area contributed by atoms with Gasteiger partial charge < -0.3 is 5.32 Å². The molecule has 0 aliphatic heterocycles. The molecule has 0 saturated carbocycles. The van der Waals surface area contributed by atoms with Gasteiger partial charge in [0, 0.05) is 11.3 Å². The zero-order valence-corrected chi connectivity index (χ0v) is 11.2. The summed E-state index contributed by atoms with van der Waals surface area (Å²) in [5, 5.41) is 2.85. The first-order valence-electron chi connectivity index (χ1n) is 5.91. The van der Waals surface area contributed by atoms with Crippen molar-refractivity contribution in [1.82, 2.24) is 5.32 Å². The van der Waals surface area contributed by atoms with E-state index in [0.29, 0.717) is 5.56 Å². The third kappa shape index (κ3) is 4.42. The minimum absolute atomic E-state index is 0.102. The number of nitrogens with one attached hydrogen (secondary N) is 1. The van der Waals surface area contributed by atoms with Gasteiger partial charge in [-0.3, -0.25) is 4.79 Å². The maximum atomic E-state index is 12.0. The Morgan fingerprint density at radius 2 is 1.83 bits per heavy atom. The number of amides is 1.